The van der Waals surface area contributed by atoms with Gasteiger partial charge in [-0.15, -0.1) is 0 Å². The summed E-state index contributed by atoms with van der Waals surface area (Å²) in [6.07, 6.45) is 13.1. The normalized spacial score (nSPS) is 12.1. The lowest BCUT2D eigenvalue weighted by Gasteiger charge is -2.16. The van der Waals surface area contributed by atoms with E-state index in [9.17, 15) is 9.59 Å². The van der Waals surface area contributed by atoms with Gasteiger partial charge in [0.15, 0.2) is 0 Å². The maximum absolute atomic E-state index is 11.8. The molecule has 1 unspecified atom stereocenters. The lowest BCUT2D eigenvalue weighted by molar-refractivity contribution is -0.153. The summed E-state index contributed by atoms with van der Waals surface area (Å²) in [7, 11) is 0. The van der Waals surface area contributed by atoms with Gasteiger partial charge in [-0.3, -0.25) is 9.59 Å². The van der Waals surface area contributed by atoms with Crippen molar-refractivity contribution in [1.82, 2.24) is 0 Å². The Morgan fingerprint density at radius 2 is 1.35 bits per heavy atom. The molecule has 0 rings (SSSR count). The lowest BCUT2D eigenvalue weighted by Crippen LogP contribution is -2.21. The first kappa shape index (κ1) is 21.9. The summed E-state index contributed by atoms with van der Waals surface area (Å²) in [5, 5.41) is 8.90. The molecule has 0 aliphatic rings. The number of aliphatic carboxylic acids is 1. The predicted octanol–water partition coefficient (Wildman–Crippen LogP) is 5.48. The van der Waals surface area contributed by atoms with Gasteiger partial charge in [0.1, 0.15) is 6.10 Å². The topological polar surface area (TPSA) is 63.6 Å². The number of rotatable bonds is 16. The standard InChI is InChI=1S/C19H36O4/c1-3-5-7-8-9-10-11-13-15-19(22)23-17(16-18(20)21)14-12-6-4-2/h17H,3-16H2,1-2H3,(H,20,21). The molecule has 4 heteroatoms. The Balaban J connectivity index is 3.74. The highest BCUT2D eigenvalue weighted by atomic mass is 16.5. The van der Waals surface area contributed by atoms with Gasteiger partial charge in [-0.2, -0.15) is 0 Å². The Morgan fingerprint density at radius 1 is 0.826 bits per heavy atom. The number of hydrogen-bond acceptors (Lipinski definition) is 3. The molecule has 0 spiro atoms. The Kier molecular flexibility index (Phi) is 15.1. The minimum atomic E-state index is -0.897. The maximum atomic E-state index is 11.8. The summed E-state index contributed by atoms with van der Waals surface area (Å²) in [5.74, 6) is -1.13. The van der Waals surface area contributed by atoms with Gasteiger partial charge in [0.05, 0.1) is 6.42 Å². The molecule has 0 amide bonds. The Morgan fingerprint density at radius 3 is 1.91 bits per heavy atom. The third-order valence-electron chi connectivity index (χ3n) is 4.06. The fourth-order valence-electron chi connectivity index (χ4n) is 2.67. The molecule has 1 N–H and O–H groups in total. The first-order valence-electron chi connectivity index (χ1n) is 9.51. The van der Waals surface area contributed by atoms with Crippen LogP contribution in [-0.2, 0) is 14.3 Å². The van der Waals surface area contributed by atoms with Crippen molar-refractivity contribution in [2.75, 3.05) is 0 Å². The number of unbranched alkanes of at least 4 members (excludes halogenated alkanes) is 9. The maximum Gasteiger partial charge on any atom is 0.307 e. The van der Waals surface area contributed by atoms with E-state index < -0.39 is 12.1 Å². The number of carbonyl (C=O) groups is 2. The number of ether oxygens (including phenoxy) is 1. The quantitative estimate of drug-likeness (QED) is 0.301. The van der Waals surface area contributed by atoms with E-state index >= 15 is 0 Å². The third-order valence-corrected chi connectivity index (χ3v) is 4.06. The summed E-state index contributed by atoms with van der Waals surface area (Å²) < 4.78 is 5.35. The van der Waals surface area contributed by atoms with Crippen LogP contribution in [0.15, 0.2) is 0 Å². The molecule has 0 fully saturated rings. The molecule has 0 heterocycles. The molecule has 136 valence electrons. The number of carbonyl (C=O) groups excluding carboxylic acids is 1. The van der Waals surface area contributed by atoms with E-state index in [-0.39, 0.29) is 12.4 Å². The Labute approximate surface area is 142 Å². The fraction of sp³-hybridized carbons (Fsp3) is 0.895. The third kappa shape index (κ3) is 15.6. The van der Waals surface area contributed by atoms with Gasteiger partial charge >= 0.3 is 11.9 Å². The summed E-state index contributed by atoms with van der Waals surface area (Å²) >= 11 is 0. The first-order chi connectivity index (χ1) is 11.1. The van der Waals surface area contributed by atoms with E-state index in [1.807, 2.05) is 0 Å². The molecule has 0 bridgehead atoms. The Bertz CT molecular complexity index is 302. The molecule has 23 heavy (non-hydrogen) atoms. The van der Waals surface area contributed by atoms with Gasteiger partial charge in [-0.25, -0.2) is 0 Å². The minimum absolute atomic E-state index is 0.0765. The molecule has 0 radical (unpaired) electrons. The molecule has 0 aliphatic heterocycles. The summed E-state index contributed by atoms with van der Waals surface area (Å²) in [6, 6.07) is 0. The molecular weight excluding hydrogens is 292 g/mol. The number of hydrogen-bond donors (Lipinski definition) is 1. The van der Waals surface area contributed by atoms with E-state index in [0.717, 1.165) is 32.1 Å². The van der Waals surface area contributed by atoms with Gasteiger partial charge in [0.25, 0.3) is 0 Å². The molecule has 1 atom stereocenters. The van der Waals surface area contributed by atoms with E-state index in [4.69, 9.17) is 9.84 Å². The van der Waals surface area contributed by atoms with Crippen LogP contribution in [0, 0.1) is 0 Å². The van der Waals surface area contributed by atoms with E-state index in [2.05, 4.69) is 13.8 Å². The zero-order valence-electron chi connectivity index (χ0n) is 15.1. The minimum Gasteiger partial charge on any atom is -0.481 e. The smallest absolute Gasteiger partial charge is 0.307 e. The average molecular weight is 328 g/mol. The molecule has 0 aromatic heterocycles. The van der Waals surface area contributed by atoms with Crippen molar-refractivity contribution in [3.8, 4) is 0 Å². The van der Waals surface area contributed by atoms with E-state index in [1.54, 1.807) is 0 Å². The van der Waals surface area contributed by atoms with Crippen molar-refractivity contribution in [2.24, 2.45) is 0 Å². The SMILES string of the molecule is CCCCCCCCCCC(=O)OC(CCCCC)CC(=O)O. The van der Waals surface area contributed by atoms with Crippen molar-refractivity contribution in [1.29, 1.82) is 0 Å². The largest absolute Gasteiger partial charge is 0.481 e. The van der Waals surface area contributed by atoms with Crippen LogP contribution in [0.25, 0.3) is 0 Å². The van der Waals surface area contributed by atoms with Crippen molar-refractivity contribution in [2.45, 2.75) is 110 Å². The van der Waals surface area contributed by atoms with Crippen LogP contribution < -0.4 is 0 Å². The molecule has 0 aromatic rings. The van der Waals surface area contributed by atoms with Crippen molar-refractivity contribution in [3.05, 3.63) is 0 Å². The monoisotopic (exact) mass is 328 g/mol. The van der Waals surface area contributed by atoms with Crippen molar-refractivity contribution < 1.29 is 19.4 Å². The molecular formula is C19H36O4. The summed E-state index contributed by atoms with van der Waals surface area (Å²) in [5.41, 5.74) is 0. The lowest BCUT2D eigenvalue weighted by atomic mass is 10.1. The number of carboxylic acids is 1. The van der Waals surface area contributed by atoms with Crippen LogP contribution in [0.4, 0.5) is 0 Å². The second kappa shape index (κ2) is 15.8. The van der Waals surface area contributed by atoms with Crippen LogP contribution in [0.2, 0.25) is 0 Å². The zero-order chi connectivity index (χ0) is 17.3. The van der Waals surface area contributed by atoms with Crippen LogP contribution in [0.3, 0.4) is 0 Å². The predicted molar refractivity (Wildman–Crippen MR) is 93.5 cm³/mol. The summed E-state index contributed by atoms with van der Waals surface area (Å²) in [6.45, 7) is 4.31. The van der Waals surface area contributed by atoms with E-state index in [1.165, 1.54) is 38.5 Å². The number of esters is 1. The molecule has 0 aromatic carbocycles. The molecule has 0 saturated heterocycles. The van der Waals surface area contributed by atoms with Gasteiger partial charge in [-0.05, 0) is 19.3 Å². The van der Waals surface area contributed by atoms with Crippen LogP contribution in [0.1, 0.15) is 104 Å². The highest BCUT2D eigenvalue weighted by Gasteiger charge is 2.17. The zero-order valence-corrected chi connectivity index (χ0v) is 15.1. The van der Waals surface area contributed by atoms with Crippen LogP contribution in [0.5, 0.6) is 0 Å². The van der Waals surface area contributed by atoms with Gasteiger partial charge in [0.2, 0.25) is 0 Å². The van der Waals surface area contributed by atoms with E-state index in [0.29, 0.717) is 12.8 Å². The van der Waals surface area contributed by atoms with Crippen molar-refractivity contribution in [3.63, 3.8) is 0 Å². The molecule has 4 nitrogen and oxygen atoms in total. The molecule has 0 aliphatic carbocycles. The highest BCUT2D eigenvalue weighted by Crippen LogP contribution is 2.14. The van der Waals surface area contributed by atoms with Gasteiger partial charge in [0, 0.05) is 6.42 Å². The first-order valence-corrected chi connectivity index (χ1v) is 9.51. The van der Waals surface area contributed by atoms with Crippen LogP contribution in [-0.4, -0.2) is 23.1 Å². The number of carboxylic acid groups (broad SMARTS) is 1. The van der Waals surface area contributed by atoms with Gasteiger partial charge < -0.3 is 9.84 Å². The highest BCUT2D eigenvalue weighted by molar-refractivity contribution is 5.71. The molecule has 0 saturated carbocycles. The Hall–Kier alpha value is -1.06. The average Bonchev–Trinajstić information content (AvgIpc) is 2.49. The second-order valence-corrected chi connectivity index (χ2v) is 6.43. The van der Waals surface area contributed by atoms with Crippen LogP contribution >= 0.6 is 0 Å². The van der Waals surface area contributed by atoms with Crippen molar-refractivity contribution >= 4 is 11.9 Å². The summed E-state index contributed by atoms with van der Waals surface area (Å²) in [4.78, 5) is 22.7. The van der Waals surface area contributed by atoms with Gasteiger partial charge in [-0.1, -0.05) is 71.6 Å². The fourth-order valence-corrected chi connectivity index (χ4v) is 2.67. The second-order valence-electron chi connectivity index (χ2n) is 6.43.